The first-order chi connectivity index (χ1) is 14.5. The van der Waals surface area contributed by atoms with Crippen LogP contribution >= 0.6 is 11.6 Å². The highest BCUT2D eigenvalue weighted by molar-refractivity contribution is 6.30. The second-order valence-corrected chi connectivity index (χ2v) is 7.81. The number of amidine groups is 1. The molecule has 0 unspecified atom stereocenters. The minimum Gasteiger partial charge on any atom is -0.322 e. The van der Waals surface area contributed by atoms with Gasteiger partial charge in [0.25, 0.3) is 0 Å². The number of anilines is 1. The Hall–Kier alpha value is -3.31. The maximum absolute atomic E-state index is 6.13. The molecule has 3 aromatic carbocycles. The average Bonchev–Trinajstić information content (AvgIpc) is 2.93. The van der Waals surface area contributed by atoms with Gasteiger partial charge in [0.15, 0.2) is 0 Å². The Morgan fingerprint density at radius 1 is 1.03 bits per heavy atom. The minimum absolute atomic E-state index is 0.536. The molecular formula is C24H24ClN5. The van der Waals surface area contributed by atoms with Crippen molar-refractivity contribution in [2.24, 2.45) is 16.0 Å². The monoisotopic (exact) mass is 417 g/mol. The van der Waals surface area contributed by atoms with Gasteiger partial charge in [0, 0.05) is 16.1 Å². The number of hydrogen-bond acceptors (Lipinski definition) is 4. The van der Waals surface area contributed by atoms with Gasteiger partial charge in [0.05, 0.1) is 17.9 Å². The van der Waals surface area contributed by atoms with Crippen LogP contribution in [0.1, 0.15) is 29.2 Å². The molecule has 30 heavy (non-hydrogen) atoms. The van der Waals surface area contributed by atoms with E-state index in [1.165, 1.54) is 11.1 Å². The van der Waals surface area contributed by atoms with Crippen molar-refractivity contribution < 1.29 is 0 Å². The van der Waals surface area contributed by atoms with Crippen molar-refractivity contribution in [2.45, 2.75) is 20.4 Å². The van der Waals surface area contributed by atoms with E-state index in [-0.39, 0.29) is 0 Å². The molecule has 5 nitrogen and oxygen atoms in total. The Kier molecular flexibility index (Phi) is 5.72. The summed E-state index contributed by atoms with van der Waals surface area (Å²) in [6, 6.07) is 24.5. The number of para-hydroxylation sites is 1. The predicted octanol–water partition coefficient (Wildman–Crippen LogP) is 4.97. The zero-order valence-electron chi connectivity index (χ0n) is 17.1. The summed E-state index contributed by atoms with van der Waals surface area (Å²) in [6.45, 7) is 5.20. The van der Waals surface area contributed by atoms with Gasteiger partial charge in [-0.15, -0.1) is 0 Å². The maximum Gasteiger partial charge on any atom is 0.127 e. The van der Waals surface area contributed by atoms with Crippen molar-refractivity contribution in [3.63, 3.8) is 0 Å². The summed E-state index contributed by atoms with van der Waals surface area (Å²) >= 11 is 6.13. The molecular weight excluding hydrogens is 394 g/mol. The van der Waals surface area contributed by atoms with Gasteiger partial charge in [-0.25, -0.2) is 0 Å². The molecule has 0 saturated carbocycles. The molecule has 0 saturated heterocycles. The van der Waals surface area contributed by atoms with Crippen LogP contribution < -0.4 is 10.7 Å². The highest BCUT2D eigenvalue weighted by Crippen LogP contribution is 2.29. The third-order valence-corrected chi connectivity index (χ3v) is 5.43. The van der Waals surface area contributed by atoms with Crippen molar-refractivity contribution in [1.29, 1.82) is 0 Å². The normalized spacial score (nSPS) is 14.2. The van der Waals surface area contributed by atoms with E-state index in [0.29, 0.717) is 18.2 Å². The Balaban J connectivity index is 1.83. The smallest absolute Gasteiger partial charge is 0.127 e. The second-order valence-electron chi connectivity index (χ2n) is 7.37. The van der Waals surface area contributed by atoms with Gasteiger partial charge in [-0.05, 0) is 37.6 Å². The van der Waals surface area contributed by atoms with E-state index in [0.717, 1.165) is 28.4 Å². The van der Waals surface area contributed by atoms with Crippen molar-refractivity contribution >= 4 is 28.8 Å². The van der Waals surface area contributed by atoms with Gasteiger partial charge < -0.3 is 10.7 Å². The highest BCUT2D eigenvalue weighted by atomic mass is 35.5. The summed E-state index contributed by atoms with van der Waals surface area (Å²) in [5.41, 5.74) is 6.36. The van der Waals surface area contributed by atoms with Gasteiger partial charge in [0.2, 0.25) is 0 Å². The van der Waals surface area contributed by atoms with Crippen LogP contribution in [0.4, 0.5) is 5.69 Å². The van der Waals surface area contributed by atoms with Crippen LogP contribution in [-0.4, -0.2) is 23.2 Å². The molecule has 1 aliphatic rings. The molecule has 0 aliphatic carbocycles. The molecule has 0 atom stereocenters. The summed E-state index contributed by atoms with van der Waals surface area (Å²) in [6.07, 6.45) is 0. The number of halogens is 1. The summed E-state index contributed by atoms with van der Waals surface area (Å²) in [5, 5.41) is 11.8. The molecule has 0 aromatic heterocycles. The lowest BCUT2D eigenvalue weighted by Crippen LogP contribution is -2.38. The first-order valence-electron chi connectivity index (χ1n) is 9.81. The third kappa shape index (κ3) is 4.16. The van der Waals surface area contributed by atoms with Crippen LogP contribution in [0.3, 0.4) is 0 Å². The van der Waals surface area contributed by atoms with Gasteiger partial charge in [-0.2, -0.15) is 10.2 Å². The Bertz CT molecular complexity index is 1090. The minimum atomic E-state index is 0.536. The Morgan fingerprint density at radius 2 is 1.73 bits per heavy atom. The Morgan fingerprint density at radius 3 is 2.43 bits per heavy atom. The standard InChI is InChI=1S/C24H24ClN5/c1-17-7-9-19(10-8-17)15-29-16-30(18(2)27-26)23-6-4-3-5-22(23)24(28-29)20-11-13-21(25)14-12-20/h3-14H,15-16,26H2,1-2H3/b27-18-. The lowest BCUT2D eigenvalue weighted by molar-refractivity contribution is 0.291. The number of hydrogen-bond donors (Lipinski definition) is 1. The van der Waals surface area contributed by atoms with E-state index >= 15 is 0 Å². The molecule has 1 aliphatic heterocycles. The fraction of sp³-hybridized carbons (Fsp3) is 0.167. The fourth-order valence-electron chi connectivity index (χ4n) is 3.53. The number of fused-ring (bicyclic) bond motifs is 1. The number of hydrazone groups is 2. The number of benzene rings is 3. The molecule has 3 aromatic rings. The molecule has 0 radical (unpaired) electrons. The molecule has 2 N–H and O–H groups in total. The number of nitrogens with two attached hydrogens (primary N) is 1. The van der Waals surface area contributed by atoms with Crippen LogP contribution in [0.15, 0.2) is 83.0 Å². The number of aryl methyl sites for hydroxylation is 1. The van der Waals surface area contributed by atoms with E-state index in [4.69, 9.17) is 22.5 Å². The zero-order valence-corrected chi connectivity index (χ0v) is 17.8. The second kappa shape index (κ2) is 8.59. The maximum atomic E-state index is 6.13. The fourth-order valence-corrected chi connectivity index (χ4v) is 3.66. The van der Waals surface area contributed by atoms with Crippen molar-refractivity contribution in [3.05, 3.63) is 100 Å². The first-order valence-corrected chi connectivity index (χ1v) is 10.2. The summed E-state index contributed by atoms with van der Waals surface area (Å²) in [7, 11) is 0. The van der Waals surface area contributed by atoms with Crippen LogP contribution in [0.25, 0.3) is 0 Å². The number of nitrogens with zero attached hydrogens (tertiary/aromatic N) is 4. The number of rotatable bonds is 3. The molecule has 6 heteroatoms. The van der Waals surface area contributed by atoms with E-state index in [1.54, 1.807) is 0 Å². The van der Waals surface area contributed by atoms with Crippen LogP contribution in [-0.2, 0) is 6.54 Å². The van der Waals surface area contributed by atoms with Gasteiger partial charge in [-0.3, -0.25) is 5.01 Å². The molecule has 0 fully saturated rings. The Labute approximate surface area is 182 Å². The average molecular weight is 418 g/mol. The molecule has 152 valence electrons. The summed E-state index contributed by atoms with van der Waals surface area (Å²) < 4.78 is 0. The predicted molar refractivity (Wildman–Crippen MR) is 125 cm³/mol. The van der Waals surface area contributed by atoms with E-state index in [2.05, 4.69) is 53.3 Å². The highest BCUT2D eigenvalue weighted by Gasteiger charge is 2.24. The van der Waals surface area contributed by atoms with E-state index < -0.39 is 0 Å². The molecule has 4 rings (SSSR count). The SMILES string of the molecule is C/C(=N/N)N1CN(Cc2ccc(C)cc2)N=C(c2ccc(Cl)cc2)c2ccccc21. The molecule has 0 spiro atoms. The largest absolute Gasteiger partial charge is 0.322 e. The lowest BCUT2D eigenvalue weighted by atomic mass is 10.0. The van der Waals surface area contributed by atoms with Crippen LogP contribution in [0.2, 0.25) is 5.02 Å². The molecule has 1 heterocycles. The molecule has 0 bridgehead atoms. The van der Waals surface area contributed by atoms with Crippen molar-refractivity contribution in [3.8, 4) is 0 Å². The van der Waals surface area contributed by atoms with Crippen LogP contribution in [0, 0.1) is 6.92 Å². The van der Waals surface area contributed by atoms with Gasteiger partial charge in [0.1, 0.15) is 12.5 Å². The first kappa shape index (κ1) is 20.0. The quantitative estimate of drug-likeness (QED) is 0.283. The zero-order chi connectivity index (χ0) is 21.1. The lowest BCUT2D eigenvalue weighted by Gasteiger charge is -2.28. The van der Waals surface area contributed by atoms with Crippen molar-refractivity contribution in [2.75, 3.05) is 11.6 Å². The summed E-state index contributed by atoms with van der Waals surface area (Å²) in [5.74, 6) is 6.39. The van der Waals surface area contributed by atoms with E-state index in [9.17, 15) is 0 Å². The summed E-state index contributed by atoms with van der Waals surface area (Å²) in [4.78, 5) is 2.09. The molecule has 0 amide bonds. The third-order valence-electron chi connectivity index (χ3n) is 5.18. The topological polar surface area (TPSA) is 57.2 Å². The van der Waals surface area contributed by atoms with Gasteiger partial charge >= 0.3 is 0 Å². The van der Waals surface area contributed by atoms with Gasteiger partial charge in [-0.1, -0.05) is 71.8 Å². The van der Waals surface area contributed by atoms with E-state index in [1.807, 2.05) is 48.3 Å². The van der Waals surface area contributed by atoms with Crippen LogP contribution in [0.5, 0.6) is 0 Å². The van der Waals surface area contributed by atoms with Crippen molar-refractivity contribution in [1.82, 2.24) is 5.01 Å².